The van der Waals surface area contributed by atoms with Crippen molar-refractivity contribution in [2.24, 2.45) is 5.73 Å². The molecule has 0 aliphatic heterocycles. The van der Waals surface area contributed by atoms with Crippen LogP contribution in [0.4, 0.5) is 0 Å². The van der Waals surface area contributed by atoms with Crippen molar-refractivity contribution in [2.45, 2.75) is 44.6 Å². The lowest BCUT2D eigenvalue weighted by Gasteiger charge is -2.24. The number of hydrogen-bond donors (Lipinski definition) is 1. The van der Waals surface area contributed by atoms with Crippen LogP contribution in [0.3, 0.4) is 0 Å². The highest BCUT2D eigenvalue weighted by atomic mass is 16.5. The van der Waals surface area contributed by atoms with Gasteiger partial charge in [0.15, 0.2) is 0 Å². The maximum atomic E-state index is 6.41. The van der Waals surface area contributed by atoms with E-state index in [1.54, 1.807) is 7.11 Å². The van der Waals surface area contributed by atoms with Gasteiger partial charge < -0.3 is 10.5 Å². The first-order valence-electron chi connectivity index (χ1n) is 6.05. The van der Waals surface area contributed by atoms with Gasteiger partial charge in [-0.1, -0.05) is 30.5 Å². The lowest BCUT2D eigenvalue weighted by Crippen LogP contribution is -2.38. The lowest BCUT2D eigenvalue weighted by molar-refractivity contribution is 0.390. The first kappa shape index (κ1) is 11.5. The Morgan fingerprint density at radius 2 is 2.00 bits per heavy atom. The van der Waals surface area contributed by atoms with E-state index < -0.39 is 0 Å². The van der Waals surface area contributed by atoms with Crippen molar-refractivity contribution in [1.82, 2.24) is 0 Å². The van der Waals surface area contributed by atoms with Gasteiger partial charge in [-0.25, -0.2) is 0 Å². The fraction of sp³-hybridized carbons (Fsp3) is 0.571. The van der Waals surface area contributed by atoms with Crippen LogP contribution in [-0.4, -0.2) is 12.6 Å². The predicted octanol–water partition coefficient (Wildman–Crippen LogP) is 2.82. The normalized spacial score (nSPS) is 18.7. The van der Waals surface area contributed by atoms with Gasteiger partial charge >= 0.3 is 0 Å². The van der Waals surface area contributed by atoms with E-state index in [0.717, 1.165) is 25.0 Å². The molecule has 0 heterocycles. The Labute approximate surface area is 97.8 Å². The monoisotopic (exact) mass is 219 g/mol. The van der Waals surface area contributed by atoms with E-state index in [9.17, 15) is 0 Å². The first-order chi connectivity index (χ1) is 7.63. The minimum atomic E-state index is 0.00106. The summed E-state index contributed by atoms with van der Waals surface area (Å²) in [7, 11) is 1.73. The second-order valence-electron chi connectivity index (χ2n) is 5.06. The smallest absolute Gasteiger partial charge is 0.122 e. The molecule has 0 saturated heterocycles. The Bertz CT molecular complexity index is 367. The molecule has 1 aliphatic carbocycles. The highest BCUT2D eigenvalue weighted by Gasteiger charge is 2.30. The second kappa shape index (κ2) is 4.46. The molecule has 1 aliphatic rings. The third-order valence-corrected chi connectivity index (χ3v) is 3.58. The Hall–Kier alpha value is -1.02. The molecule has 0 bridgehead atoms. The van der Waals surface area contributed by atoms with Crippen LogP contribution in [0, 0.1) is 6.92 Å². The summed E-state index contributed by atoms with van der Waals surface area (Å²) in [5.74, 6) is 0.974. The number of benzene rings is 1. The van der Waals surface area contributed by atoms with Gasteiger partial charge in [-0.15, -0.1) is 0 Å². The van der Waals surface area contributed by atoms with Crippen molar-refractivity contribution in [3.8, 4) is 5.75 Å². The largest absolute Gasteiger partial charge is 0.496 e. The van der Waals surface area contributed by atoms with Crippen LogP contribution in [0.25, 0.3) is 0 Å². The second-order valence-corrected chi connectivity index (χ2v) is 5.06. The molecular formula is C14H21NO. The summed E-state index contributed by atoms with van der Waals surface area (Å²) in [5.41, 5.74) is 8.94. The molecule has 16 heavy (non-hydrogen) atoms. The molecule has 88 valence electrons. The van der Waals surface area contributed by atoms with Crippen LogP contribution >= 0.6 is 0 Å². The molecule has 1 saturated carbocycles. The molecule has 1 aromatic rings. The van der Waals surface area contributed by atoms with Crippen LogP contribution in [0.15, 0.2) is 18.2 Å². The summed E-state index contributed by atoms with van der Waals surface area (Å²) in [4.78, 5) is 0. The van der Waals surface area contributed by atoms with Gasteiger partial charge in [0, 0.05) is 5.54 Å². The van der Waals surface area contributed by atoms with Crippen LogP contribution in [0.1, 0.15) is 36.8 Å². The zero-order chi connectivity index (χ0) is 11.6. The van der Waals surface area contributed by atoms with E-state index in [-0.39, 0.29) is 5.54 Å². The number of nitrogens with two attached hydrogens (primary N) is 1. The standard InChI is InChI=1S/C14H21NO/c1-11-5-6-13(16-2)12(9-11)10-14(15)7-3-4-8-14/h5-6,9H,3-4,7-8,10,15H2,1-2H3. The van der Waals surface area contributed by atoms with Crippen molar-refractivity contribution < 1.29 is 4.74 Å². The summed E-state index contributed by atoms with van der Waals surface area (Å²) in [5, 5.41) is 0. The maximum Gasteiger partial charge on any atom is 0.122 e. The lowest BCUT2D eigenvalue weighted by atomic mass is 9.89. The van der Waals surface area contributed by atoms with E-state index in [1.807, 2.05) is 6.07 Å². The van der Waals surface area contributed by atoms with E-state index in [1.165, 1.54) is 24.0 Å². The van der Waals surface area contributed by atoms with Gasteiger partial charge in [0.05, 0.1) is 7.11 Å². The quantitative estimate of drug-likeness (QED) is 0.848. The van der Waals surface area contributed by atoms with E-state index in [2.05, 4.69) is 19.1 Å². The molecule has 0 radical (unpaired) electrons. The van der Waals surface area contributed by atoms with Gasteiger partial charge in [0.2, 0.25) is 0 Å². The fourth-order valence-corrected chi connectivity index (χ4v) is 2.68. The average Bonchev–Trinajstić information content (AvgIpc) is 2.65. The molecule has 2 nitrogen and oxygen atoms in total. The van der Waals surface area contributed by atoms with Gasteiger partial charge in [-0.2, -0.15) is 0 Å². The minimum absolute atomic E-state index is 0.00106. The number of methoxy groups -OCH3 is 1. The van der Waals surface area contributed by atoms with Crippen molar-refractivity contribution >= 4 is 0 Å². The van der Waals surface area contributed by atoms with Gasteiger partial charge in [-0.05, 0) is 37.8 Å². The molecule has 2 N–H and O–H groups in total. The van der Waals surface area contributed by atoms with Crippen molar-refractivity contribution in [3.63, 3.8) is 0 Å². The topological polar surface area (TPSA) is 35.2 Å². The molecule has 0 atom stereocenters. The number of aryl methyl sites for hydroxylation is 1. The summed E-state index contributed by atoms with van der Waals surface area (Å²) in [6.07, 6.45) is 5.77. The fourth-order valence-electron chi connectivity index (χ4n) is 2.68. The van der Waals surface area contributed by atoms with Crippen LogP contribution < -0.4 is 10.5 Å². The number of rotatable bonds is 3. The third-order valence-electron chi connectivity index (χ3n) is 3.58. The summed E-state index contributed by atoms with van der Waals surface area (Å²) >= 11 is 0. The Kier molecular flexibility index (Phi) is 3.20. The molecular weight excluding hydrogens is 198 g/mol. The van der Waals surface area contributed by atoms with Crippen LogP contribution in [0.5, 0.6) is 5.75 Å². The highest BCUT2D eigenvalue weighted by Crippen LogP contribution is 2.33. The molecule has 1 fully saturated rings. The molecule has 1 aromatic carbocycles. The zero-order valence-electron chi connectivity index (χ0n) is 10.3. The number of ether oxygens (including phenoxy) is 1. The summed E-state index contributed by atoms with van der Waals surface area (Å²) in [6, 6.07) is 6.33. The Morgan fingerprint density at radius 1 is 1.31 bits per heavy atom. The van der Waals surface area contributed by atoms with Crippen molar-refractivity contribution in [2.75, 3.05) is 7.11 Å². The average molecular weight is 219 g/mol. The van der Waals surface area contributed by atoms with E-state index in [0.29, 0.717) is 0 Å². The van der Waals surface area contributed by atoms with Crippen molar-refractivity contribution in [1.29, 1.82) is 0 Å². The minimum Gasteiger partial charge on any atom is -0.496 e. The first-order valence-corrected chi connectivity index (χ1v) is 6.05. The van der Waals surface area contributed by atoms with Gasteiger partial charge in [0.25, 0.3) is 0 Å². The molecule has 0 aromatic heterocycles. The summed E-state index contributed by atoms with van der Waals surface area (Å²) < 4.78 is 5.40. The van der Waals surface area contributed by atoms with E-state index >= 15 is 0 Å². The molecule has 0 amide bonds. The Balaban J connectivity index is 2.22. The third kappa shape index (κ3) is 2.38. The Morgan fingerprint density at radius 3 is 2.62 bits per heavy atom. The highest BCUT2D eigenvalue weighted by molar-refractivity contribution is 5.38. The predicted molar refractivity (Wildman–Crippen MR) is 66.8 cm³/mol. The van der Waals surface area contributed by atoms with Crippen molar-refractivity contribution in [3.05, 3.63) is 29.3 Å². The van der Waals surface area contributed by atoms with E-state index in [4.69, 9.17) is 10.5 Å². The molecule has 0 unspecified atom stereocenters. The molecule has 0 spiro atoms. The maximum absolute atomic E-state index is 6.41. The zero-order valence-corrected chi connectivity index (χ0v) is 10.3. The van der Waals surface area contributed by atoms with Crippen LogP contribution in [0.2, 0.25) is 0 Å². The molecule has 2 rings (SSSR count). The SMILES string of the molecule is COc1ccc(C)cc1CC1(N)CCCC1. The molecule has 2 heteroatoms. The number of hydrogen-bond acceptors (Lipinski definition) is 2. The summed E-state index contributed by atoms with van der Waals surface area (Å²) in [6.45, 7) is 2.11. The van der Waals surface area contributed by atoms with Gasteiger partial charge in [-0.3, -0.25) is 0 Å². The van der Waals surface area contributed by atoms with Crippen LogP contribution in [-0.2, 0) is 6.42 Å². The van der Waals surface area contributed by atoms with Gasteiger partial charge in [0.1, 0.15) is 5.75 Å².